The topological polar surface area (TPSA) is 0 Å². The van der Waals surface area contributed by atoms with Crippen LogP contribution >= 0.6 is 0 Å². The zero-order valence-corrected chi connectivity index (χ0v) is 11.6. The van der Waals surface area contributed by atoms with Crippen LogP contribution in [0.1, 0.15) is 51.4 Å². The first-order valence-corrected chi connectivity index (χ1v) is 6.54. The van der Waals surface area contributed by atoms with Crippen molar-refractivity contribution in [2.24, 2.45) is 0 Å². The second kappa shape index (κ2) is 13.5. The Hall–Kier alpha value is -0.534. The van der Waals surface area contributed by atoms with Gasteiger partial charge in [0.05, 0.1) is 0 Å². The van der Waals surface area contributed by atoms with Gasteiger partial charge in [-0.25, -0.2) is 12.2 Å². The normalized spacial score (nSPS) is 18.8. The van der Waals surface area contributed by atoms with Crippen molar-refractivity contribution >= 4 is 0 Å². The molecule has 0 unspecified atom stereocenters. The van der Waals surface area contributed by atoms with Crippen molar-refractivity contribution < 1.29 is 16.8 Å². The fourth-order valence-corrected chi connectivity index (χ4v) is 1.69. The summed E-state index contributed by atoms with van der Waals surface area (Å²) in [6.07, 6.45) is 28.5. The number of rotatable bonds is 0. The third-order valence-corrected chi connectivity index (χ3v) is 2.68. The summed E-state index contributed by atoms with van der Waals surface area (Å²) in [4.78, 5) is 0. The summed E-state index contributed by atoms with van der Waals surface area (Å²) in [7, 11) is 0. The van der Waals surface area contributed by atoms with Gasteiger partial charge in [-0.3, -0.25) is 6.08 Å². The average molecular weight is 274 g/mol. The number of hydrogen-bond acceptors (Lipinski definition) is 0. The van der Waals surface area contributed by atoms with Crippen molar-refractivity contribution in [2.75, 3.05) is 0 Å². The minimum atomic E-state index is 0. The van der Waals surface area contributed by atoms with Crippen LogP contribution in [0.4, 0.5) is 0 Å². The molecule has 0 amide bonds. The number of hydrogen-bond donors (Lipinski definition) is 0. The van der Waals surface area contributed by atoms with Crippen LogP contribution in [0.25, 0.3) is 0 Å². The van der Waals surface area contributed by atoms with Crippen molar-refractivity contribution in [2.45, 2.75) is 51.4 Å². The minimum Gasteiger partial charge on any atom is -0.255 e. The maximum absolute atomic E-state index is 3.08. The predicted octanol–water partition coefficient (Wildman–Crippen LogP) is 5.15. The van der Waals surface area contributed by atoms with Crippen molar-refractivity contribution in [1.29, 1.82) is 0 Å². The van der Waals surface area contributed by atoms with Crippen LogP contribution in [-0.4, -0.2) is 0 Å². The maximum atomic E-state index is 3.08. The molecule has 0 aromatic rings. The first kappa shape index (κ1) is 16.5. The molecule has 0 aromatic carbocycles. The molecule has 0 bridgehead atoms. The first-order chi connectivity index (χ1) is 8.00. The van der Waals surface area contributed by atoms with Crippen LogP contribution in [0, 0.1) is 6.08 Å². The summed E-state index contributed by atoms with van der Waals surface area (Å²) in [5, 5.41) is 0. The Morgan fingerprint density at radius 1 is 0.647 bits per heavy atom. The molecule has 2 aliphatic rings. The van der Waals surface area contributed by atoms with E-state index in [1.54, 1.807) is 0 Å². The molecule has 0 heterocycles. The van der Waals surface area contributed by atoms with E-state index in [1.807, 2.05) is 6.08 Å². The predicted molar refractivity (Wildman–Crippen MR) is 72.2 cm³/mol. The molecule has 0 fully saturated rings. The minimum absolute atomic E-state index is 0. The molecule has 0 atom stereocenters. The van der Waals surface area contributed by atoms with Gasteiger partial charge in [0.1, 0.15) is 0 Å². The zero-order chi connectivity index (χ0) is 11.3. The molecular weight excluding hydrogens is 251 g/mol. The summed E-state index contributed by atoms with van der Waals surface area (Å²) in [5.41, 5.74) is 0. The van der Waals surface area contributed by atoms with Crippen molar-refractivity contribution in [3.05, 3.63) is 48.6 Å². The van der Waals surface area contributed by atoms with E-state index >= 15 is 0 Å². The van der Waals surface area contributed by atoms with Crippen molar-refractivity contribution in [3.63, 3.8) is 0 Å². The standard InChI is InChI=1S/C8H12.C8H11.Co/c2*1-2-4-6-8-7-5-3-1;/h1-4H,5-8H2;1-2,6H,3,5,7-8H2;/q;-1;. The third kappa shape index (κ3) is 11.7. The molecule has 0 aromatic heterocycles. The zero-order valence-electron chi connectivity index (χ0n) is 10.5. The Morgan fingerprint density at radius 2 is 1.18 bits per heavy atom. The summed E-state index contributed by atoms with van der Waals surface area (Å²) in [6.45, 7) is 0. The molecule has 1 radical (unpaired) electrons. The second-order valence-corrected chi connectivity index (χ2v) is 4.20. The van der Waals surface area contributed by atoms with Crippen molar-refractivity contribution in [3.8, 4) is 0 Å². The van der Waals surface area contributed by atoms with Crippen LogP contribution in [-0.2, 0) is 16.8 Å². The molecule has 0 saturated carbocycles. The molecular formula is C16H23Co-. The van der Waals surface area contributed by atoms with E-state index in [-0.39, 0.29) is 16.8 Å². The van der Waals surface area contributed by atoms with Gasteiger partial charge < -0.3 is 0 Å². The van der Waals surface area contributed by atoms with E-state index in [2.05, 4.69) is 42.5 Å². The molecule has 0 spiro atoms. The Balaban J connectivity index is 0.000000284. The van der Waals surface area contributed by atoms with Crippen molar-refractivity contribution in [1.82, 2.24) is 0 Å². The Bertz CT molecular complexity index is 203. The smallest absolute Gasteiger partial charge is 0 e. The van der Waals surface area contributed by atoms with Crippen LogP contribution in [0.5, 0.6) is 0 Å². The molecule has 0 N–H and O–H groups in total. The van der Waals surface area contributed by atoms with Gasteiger partial charge in [0.25, 0.3) is 0 Å². The molecule has 1 heteroatoms. The third-order valence-electron chi connectivity index (χ3n) is 2.68. The van der Waals surface area contributed by atoms with Gasteiger partial charge in [0, 0.05) is 16.8 Å². The van der Waals surface area contributed by atoms with E-state index in [0.29, 0.717) is 0 Å². The largest absolute Gasteiger partial charge is 0.255 e. The number of allylic oxidation sites excluding steroid dienone is 8. The van der Waals surface area contributed by atoms with Crippen LogP contribution in [0.3, 0.4) is 0 Å². The average Bonchev–Trinajstić information content (AvgIpc) is 2.15. The van der Waals surface area contributed by atoms with E-state index < -0.39 is 0 Å². The Morgan fingerprint density at radius 3 is 1.82 bits per heavy atom. The molecule has 0 nitrogen and oxygen atoms in total. The molecule has 17 heavy (non-hydrogen) atoms. The van der Waals surface area contributed by atoms with Gasteiger partial charge >= 0.3 is 0 Å². The molecule has 0 aliphatic heterocycles. The summed E-state index contributed by atoms with van der Waals surface area (Å²) in [5.74, 6) is 0. The summed E-state index contributed by atoms with van der Waals surface area (Å²) < 4.78 is 0. The monoisotopic (exact) mass is 274 g/mol. The molecule has 2 aliphatic carbocycles. The molecule has 2 rings (SSSR count). The maximum Gasteiger partial charge on any atom is 0 e. The van der Waals surface area contributed by atoms with Crippen LogP contribution < -0.4 is 0 Å². The SMILES string of the molecule is C1=CCCCCC=C1.[C-]1=CCCCCC=C1.[Co]. The van der Waals surface area contributed by atoms with E-state index in [9.17, 15) is 0 Å². The molecule has 0 saturated heterocycles. The van der Waals surface area contributed by atoms with Gasteiger partial charge in [-0.15, -0.1) is 6.42 Å². The van der Waals surface area contributed by atoms with E-state index in [4.69, 9.17) is 0 Å². The van der Waals surface area contributed by atoms with Crippen LogP contribution in [0.15, 0.2) is 42.5 Å². The van der Waals surface area contributed by atoms with Gasteiger partial charge in [0.15, 0.2) is 0 Å². The van der Waals surface area contributed by atoms with Gasteiger partial charge in [-0.2, -0.15) is 6.08 Å². The Kier molecular flexibility index (Phi) is 13.1. The fraction of sp³-hybridized carbons (Fsp3) is 0.500. The van der Waals surface area contributed by atoms with E-state index in [1.165, 1.54) is 51.4 Å². The quantitative estimate of drug-likeness (QED) is 0.536. The van der Waals surface area contributed by atoms with Gasteiger partial charge in [0.2, 0.25) is 0 Å². The first-order valence-electron chi connectivity index (χ1n) is 6.54. The summed E-state index contributed by atoms with van der Waals surface area (Å²) >= 11 is 0. The Labute approximate surface area is 117 Å². The molecule has 97 valence electrons. The second-order valence-electron chi connectivity index (χ2n) is 4.20. The van der Waals surface area contributed by atoms with Gasteiger partial charge in [-0.05, 0) is 25.7 Å². The van der Waals surface area contributed by atoms with Crippen LogP contribution in [0.2, 0.25) is 0 Å². The van der Waals surface area contributed by atoms with E-state index in [0.717, 1.165) is 0 Å². The fourth-order valence-electron chi connectivity index (χ4n) is 1.69. The van der Waals surface area contributed by atoms with Gasteiger partial charge in [-0.1, -0.05) is 43.6 Å². The summed E-state index contributed by atoms with van der Waals surface area (Å²) in [6, 6.07) is 0.